The van der Waals surface area contributed by atoms with E-state index >= 15 is 0 Å². The van der Waals surface area contributed by atoms with Gasteiger partial charge in [-0.2, -0.15) is 13.2 Å². The third kappa shape index (κ3) is 4.99. The summed E-state index contributed by atoms with van der Waals surface area (Å²) < 4.78 is 36.8. The maximum absolute atomic E-state index is 12.6. The molecular weight excluding hydrogens is 445 g/mol. The number of pyridine rings is 1. The van der Waals surface area contributed by atoms with Crippen molar-refractivity contribution < 1.29 is 37.2 Å². The highest BCUT2D eigenvalue weighted by Crippen LogP contribution is 2.48. The largest absolute Gasteiger partial charge is 0.490 e. The molecule has 2 aromatic heterocycles. The highest BCUT2D eigenvalue weighted by Gasteiger charge is 2.53. The summed E-state index contributed by atoms with van der Waals surface area (Å²) >= 11 is 0. The second kappa shape index (κ2) is 9.20. The molecule has 1 atom stereocenters. The number of likely N-dealkylation sites (N-methyl/N-ethyl adjacent to an activating group) is 1. The molecule has 1 spiro atoms. The molecule has 0 saturated carbocycles. The second-order valence-corrected chi connectivity index (χ2v) is 8.01. The summed E-state index contributed by atoms with van der Waals surface area (Å²) in [4.78, 5) is 41.8. The monoisotopic (exact) mass is 468 g/mol. The van der Waals surface area contributed by atoms with Crippen molar-refractivity contribution in [3.63, 3.8) is 0 Å². The van der Waals surface area contributed by atoms with Gasteiger partial charge in [0.25, 0.3) is 5.91 Å². The fourth-order valence-electron chi connectivity index (χ4n) is 4.42. The number of hydrogen-bond donors (Lipinski definition) is 1. The molecule has 2 aliphatic rings. The van der Waals surface area contributed by atoms with Crippen molar-refractivity contribution in [2.24, 2.45) is 0 Å². The molecule has 33 heavy (non-hydrogen) atoms. The van der Waals surface area contributed by atoms with Crippen LogP contribution in [0.1, 0.15) is 47.0 Å². The van der Waals surface area contributed by atoms with Gasteiger partial charge in [0.2, 0.25) is 5.91 Å². The molecule has 2 fully saturated rings. The fraction of sp³-hybridized carbons (Fsp3) is 0.476. The van der Waals surface area contributed by atoms with Crippen LogP contribution in [0.3, 0.4) is 0 Å². The average molecular weight is 468 g/mol. The number of amides is 2. The van der Waals surface area contributed by atoms with Crippen LogP contribution in [-0.2, 0) is 9.59 Å². The maximum atomic E-state index is 12.6. The minimum atomic E-state index is -5.08. The summed E-state index contributed by atoms with van der Waals surface area (Å²) in [6, 6.07) is 5.65. The third-order valence-electron chi connectivity index (χ3n) is 6.18. The molecule has 1 unspecified atom stereocenters. The van der Waals surface area contributed by atoms with E-state index in [1.165, 1.54) is 0 Å². The molecule has 0 bridgehead atoms. The van der Waals surface area contributed by atoms with E-state index in [1.54, 1.807) is 25.4 Å². The quantitative estimate of drug-likeness (QED) is 0.720. The van der Waals surface area contributed by atoms with E-state index < -0.39 is 12.1 Å². The molecule has 0 aliphatic carbocycles. The molecule has 2 saturated heterocycles. The van der Waals surface area contributed by atoms with Gasteiger partial charge in [-0.15, -0.1) is 0 Å². The van der Waals surface area contributed by atoms with Gasteiger partial charge in [-0.1, -0.05) is 5.16 Å². The zero-order valence-corrected chi connectivity index (χ0v) is 18.0. The third-order valence-corrected chi connectivity index (χ3v) is 6.18. The van der Waals surface area contributed by atoms with Crippen LogP contribution in [0.4, 0.5) is 13.2 Å². The Bertz CT molecular complexity index is 1020. The second-order valence-electron chi connectivity index (χ2n) is 8.01. The number of carbonyl (C=O) groups excluding carboxylic acids is 2. The number of piperidine rings is 1. The number of carboxylic acids is 1. The van der Waals surface area contributed by atoms with Crippen LogP contribution in [-0.4, -0.2) is 74.7 Å². The number of nitrogens with zero attached hydrogens (tertiary/aromatic N) is 4. The predicted octanol–water partition coefficient (Wildman–Crippen LogP) is 2.63. The van der Waals surface area contributed by atoms with Gasteiger partial charge >= 0.3 is 12.1 Å². The summed E-state index contributed by atoms with van der Waals surface area (Å²) in [7, 11) is 1.89. The molecule has 12 heteroatoms. The Kier molecular flexibility index (Phi) is 6.75. The Morgan fingerprint density at radius 1 is 1.21 bits per heavy atom. The molecule has 9 nitrogen and oxygen atoms in total. The SMILES string of the molecule is Cc1cc(C(=O)N2CCC3(CC2)C(c2ccncc2)CC(=O)N3C)no1.O=C(O)C(F)(F)F. The molecule has 0 radical (unpaired) electrons. The van der Waals surface area contributed by atoms with Crippen LogP contribution in [0.25, 0.3) is 0 Å². The van der Waals surface area contributed by atoms with Crippen LogP contribution < -0.4 is 0 Å². The van der Waals surface area contributed by atoms with Crippen LogP contribution in [0.15, 0.2) is 35.1 Å². The van der Waals surface area contributed by atoms with Gasteiger partial charge < -0.3 is 19.4 Å². The van der Waals surface area contributed by atoms with Gasteiger partial charge in [-0.05, 0) is 37.5 Å². The summed E-state index contributed by atoms with van der Waals surface area (Å²) in [5.74, 6) is -1.94. The predicted molar refractivity (Wildman–Crippen MR) is 107 cm³/mol. The number of hydrogen-bond acceptors (Lipinski definition) is 6. The van der Waals surface area contributed by atoms with Gasteiger partial charge in [0.15, 0.2) is 5.69 Å². The number of aromatic nitrogens is 2. The normalized spacial score (nSPS) is 19.9. The van der Waals surface area contributed by atoms with Crippen LogP contribution in [0.5, 0.6) is 0 Å². The van der Waals surface area contributed by atoms with Crippen molar-refractivity contribution in [3.05, 3.63) is 47.6 Å². The number of likely N-dealkylation sites (tertiary alicyclic amines) is 2. The first kappa shape index (κ1) is 24.2. The maximum Gasteiger partial charge on any atom is 0.490 e. The minimum Gasteiger partial charge on any atom is -0.475 e. The Morgan fingerprint density at radius 3 is 2.27 bits per heavy atom. The molecular formula is C21H23F3N4O5. The highest BCUT2D eigenvalue weighted by molar-refractivity contribution is 5.92. The molecule has 178 valence electrons. The van der Waals surface area contributed by atoms with Crippen LogP contribution in [0, 0.1) is 6.92 Å². The average Bonchev–Trinajstić information content (AvgIpc) is 3.31. The van der Waals surface area contributed by atoms with E-state index in [4.69, 9.17) is 14.4 Å². The molecule has 0 aromatic carbocycles. The first-order valence-corrected chi connectivity index (χ1v) is 10.1. The van der Waals surface area contributed by atoms with Crippen molar-refractivity contribution in [2.75, 3.05) is 20.1 Å². The van der Waals surface area contributed by atoms with Gasteiger partial charge in [-0.25, -0.2) is 4.79 Å². The van der Waals surface area contributed by atoms with E-state index in [0.29, 0.717) is 31.0 Å². The van der Waals surface area contributed by atoms with Crippen LogP contribution >= 0.6 is 0 Å². The Hall–Kier alpha value is -3.44. The van der Waals surface area contributed by atoms with Gasteiger partial charge in [-0.3, -0.25) is 14.6 Å². The standard InChI is InChI=1S/C19H22N4O3.C2HF3O2/c1-13-11-16(21-26-13)18(25)23-9-5-19(6-10-23)15(12-17(24)22(19)2)14-3-7-20-8-4-14;3-2(4,5)1(6)7/h3-4,7-8,11,15H,5-6,9-10,12H2,1-2H3;(H,6,7). The smallest absolute Gasteiger partial charge is 0.475 e. The lowest BCUT2D eigenvalue weighted by Crippen LogP contribution is -2.55. The van der Waals surface area contributed by atoms with Gasteiger partial charge in [0.1, 0.15) is 5.76 Å². The Labute approximate surface area is 187 Å². The lowest BCUT2D eigenvalue weighted by molar-refractivity contribution is -0.192. The van der Waals surface area contributed by atoms with E-state index in [0.717, 1.165) is 18.4 Å². The number of halogens is 3. The van der Waals surface area contributed by atoms with E-state index in [9.17, 15) is 22.8 Å². The zero-order valence-electron chi connectivity index (χ0n) is 18.0. The summed E-state index contributed by atoms with van der Waals surface area (Å²) in [5, 5.41) is 11.0. The van der Waals surface area contributed by atoms with Gasteiger partial charge in [0, 0.05) is 50.9 Å². The first-order chi connectivity index (χ1) is 15.5. The first-order valence-electron chi connectivity index (χ1n) is 10.1. The highest BCUT2D eigenvalue weighted by atomic mass is 19.4. The molecule has 2 amide bonds. The topological polar surface area (TPSA) is 117 Å². The van der Waals surface area contributed by atoms with Crippen LogP contribution in [0.2, 0.25) is 0 Å². The molecule has 1 N–H and O–H groups in total. The summed E-state index contributed by atoms with van der Waals surface area (Å²) in [6.07, 6.45) is 0.487. The van der Waals surface area contributed by atoms with E-state index in [2.05, 4.69) is 10.1 Å². The number of carboxylic acid groups (broad SMARTS) is 1. The number of rotatable bonds is 2. The zero-order chi connectivity index (χ0) is 24.4. The van der Waals surface area contributed by atoms with E-state index in [-0.39, 0.29) is 23.3 Å². The van der Waals surface area contributed by atoms with Crippen molar-refractivity contribution in [1.29, 1.82) is 0 Å². The Balaban J connectivity index is 0.000000383. The number of alkyl halides is 3. The summed E-state index contributed by atoms with van der Waals surface area (Å²) in [6.45, 7) is 2.97. The lowest BCUT2D eigenvalue weighted by atomic mass is 9.74. The Morgan fingerprint density at radius 2 is 1.79 bits per heavy atom. The molecule has 4 heterocycles. The van der Waals surface area contributed by atoms with Crippen molar-refractivity contribution in [1.82, 2.24) is 19.9 Å². The van der Waals surface area contributed by atoms with Crippen molar-refractivity contribution >= 4 is 17.8 Å². The fourth-order valence-corrected chi connectivity index (χ4v) is 4.42. The minimum absolute atomic E-state index is 0.107. The van der Waals surface area contributed by atoms with Crippen molar-refractivity contribution in [3.8, 4) is 0 Å². The molecule has 2 aromatic rings. The van der Waals surface area contributed by atoms with Gasteiger partial charge in [0.05, 0.1) is 5.54 Å². The number of aryl methyl sites for hydroxylation is 1. The summed E-state index contributed by atoms with van der Waals surface area (Å²) in [5.41, 5.74) is 1.25. The lowest BCUT2D eigenvalue weighted by Gasteiger charge is -2.46. The van der Waals surface area contributed by atoms with E-state index in [1.807, 2.05) is 29.0 Å². The number of carbonyl (C=O) groups is 3. The molecule has 4 rings (SSSR count). The number of aliphatic carboxylic acids is 1. The molecule has 2 aliphatic heterocycles. The van der Waals surface area contributed by atoms with Crippen molar-refractivity contribution in [2.45, 2.75) is 43.8 Å².